The number of rotatable bonds is 4. The monoisotopic (exact) mass is 454 g/mol. The van der Waals surface area contributed by atoms with Crippen LogP contribution in [0.5, 0.6) is 0 Å². The lowest BCUT2D eigenvalue weighted by molar-refractivity contribution is -0.385. The van der Waals surface area contributed by atoms with Crippen LogP contribution in [0.15, 0.2) is 61.7 Å². The lowest BCUT2D eigenvalue weighted by atomic mass is 10.1. The Bertz CT molecular complexity index is 1080. The predicted octanol–water partition coefficient (Wildman–Crippen LogP) is 4.96. The Morgan fingerprint density at radius 2 is 1.69 bits per heavy atom. The maximum atomic E-state index is 11.4. The van der Waals surface area contributed by atoms with Crippen molar-refractivity contribution in [1.29, 1.82) is 0 Å². The molecule has 0 saturated heterocycles. The summed E-state index contributed by atoms with van der Waals surface area (Å²) >= 11 is 4.71. The predicted molar refractivity (Wildman–Crippen MR) is 124 cm³/mol. The summed E-state index contributed by atoms with van der Waals surface area (Å²) in [6.45, 7) is 6.46. The van der Waals surface area contributed by atoms with Gasteiger partial charge in [-0.3, -0.25) is 24.5 Å². The molecule has 0 bridgehead atoms. The molecule has 2 aliphatic carbocycles. The van der Waals surface area contributed by atoms with Crippen molar-refractivity contribution < 1.29 is 19.3 Å². The second kappa shape index (κ2) is 11.7. The largest absolute Gasteiger partial charge is 0.322 e. The Hall–Kier alpha value is -3.58. The van der Waals surface area contributed by atoms with Crippen molar-refractivity contribution in [2.75, 3.05) is 5.32 Å². The molecule has 7 nitrogen and oxygen atoms in total. The minimum absolute atomic E-state index is 0.153. The van der Waals surface area contributed by atoms with Gasteiger partial charge in [-0.15, -0.1) is 0 Å². The number of carbonyl (C=O) groups is 3. The standard InChI is InChI=1S/C12H11NO2.C9H9NO2.C3H3ClO/c1-2-12(15)13-10-5-3-4-9-8(10)6-7-11(9)14;11-10(12)9-6-2-4-7-3-1-5-8(7)9;1-2-3(4)5/h2-5H,1,6-7H2,(H,13,15);2,4,6H,1,3,5H2;2H,1H2. The topological polar surface area (TPSA) is 106 Å². The van der Waals surface area contributed by atoms with E-state index in [0.29, 0.717) is 18.5 Å². The van der Waals surface area contributed by atoms with Crippen LogP contribution in [0.3, 0.4) is 0 Å². The van der Waals surface area contributed by atoms with Gasteiger partial charge < -0.3 is 5.32 Å². The maximum absolute atomic E-state index is 11.4. The molecule has 8 heteroatoms. The third-order valence-corrected chi connectivity index (χ3v) is 5.15. The SMILES string of the molecule is C=CC(=O)Cl.C=CC(=O)Nc1cccc2c1CCC2=O.O=[N+]([O-])c1cccc2c1CCC2. The summed E-state index contributed by atoms with van der Waals surface area (Å²) in [6.07, 6.45) is 6.43. The van der Waals surface area contributed by atoms with Crippen molar-refractivity contribution in [3.8, 4) is 0 Å². The molecule has 0 atom stereocenters. The van der Waals surface area contributed by atoms with Crippen LogP contribution in [-0.4, -0.2) is 21.9 Å². The lowest BCUT2D eigenvalue weighted by Crippen LogP contribution is -2.09. The number of nitro benzene ring substituents is 1. The zero-order valence-corrected chi connectivity index (χ0v) is 18.2. The van der Waals surface area contributed by atoms with Gasteiger partial charge >= 0.3 is 0 Å². The third kappa shape index (κ3) is 6.46. The second-order valence-corrected chi connectivity index (χ2v) is 7.35. The fourth-order valence-corrected chi connectivity index (χ4v) is 3.56. The fraction of sp³-hybridized carbons (Fsp3) is 0.208. The van der Waals surface area contributed by atoms with Crippen LogP contribution in [0.25, 0.3) is 0 Å². The van der Waals surface area contributed by atoms with Crippen LogP contribution in [0.1, 0.15) is 39.9 Å². The highest BCUT2D eigenvalue weighted by Gasteiger charge is 2.22. The number of amides is 1. The molecule has 0 aromatic heterocycles. The molecule has 0 spiro atoms. The van der Waals surface area contributed by atoms with E-state index in [1.54, 1.807) is 30.3 Å². The maximum Gasteiger partial charge on any atom is 0.272 e. The van der Waals surface area contributed by atoms with Crippen LogP contribution in [0.2, 0.25) is 0 Å². The van der Waals surface area contributed by atoms with E-state index in [4.69, 9.17) is 11.6 Å². The molecule has 2 aromatic carbocycles. The Labute approximate surface area is 190 Å². The summed E-state index contributed by atoms with van der Waals surface area (Å²) in [5.41, 5.74) is 4.80. The number of hydrogen-bond acceptors (Lipinski definition) is 5. The molecule has 2 aliphatic rings. The van der Waals surface area contributed by atoms with Gasteiger partial charge in [0.2, 0.25) is 11.1 Å². The summed E-state index contributed by atoms with van der Waals surface area (Å²) in [6, 6.07) is 10.7. The number of anilines is 1. The van der Waals surface area contributed by atoms with Crippen molar-refractivity contribution >= 4 is 39.9 Å². The smallest absolute Gasteiger partial charge is 0.272 e. The van der Waals surface area contributed by atoms with Crippen LogP contribution in [0.4, 0.5) is 11.4 Å². The minimum atomic E-state index is -0.509. The number of fused-ring (bicyclic) bond motifs is 2. The summed E-state index contributed by atoms with van der Waals surface area (Å²) < 4.78 is 0. The highest BCUT2D eigenvalue weighted by Crippen LogP contribution is 2.30. The average Bonchev–Trinajstić information content (AvgIpc) is 3.41. The fourth-order valence-electron chi connectivity index (χ4n) is 3.56. The van der Waals surface area contributed by atoms with Crippen molar-refractivity contribution in [1.82, 2.24) is 0 Å². The molecule has 4 rings (SSSR count). The van der Waals surface area contributed by atoms with Crippen LogP contribution < -0.4 is 5.32 Å². The first-order valence-corrected chi connectivity index (χ1v) is 10.3. The molecule has 0 aliphatic heterocycles. The first kappa shape index (κ1) is 24.7. The third-order valence-electron chi connectivity index (χ3n) is 5.00. The molecule has 166 valence electrons. The van der Waals surface area contributed by atoms with Gasteiger partial charge in [-0.2, -0.15) is 0 Å². The number of hydrogen-bond donors (Lipinski definition) is 1. The number of nitrogens with one attached hydrogen (secondary N) is 1. The van der Waals surface area contributed by atoms with E-state index in [1.807, 2.05) is 6.07 Å². The summed E-state index contributed by atoms with van der Waals surface area (Å²) in [5, 5.41) is 12.8. The van der Waals surface area contributed by atoms with E-state index in [0.717, 1.165) is 53.3 Å². The van der Waals surface area contributed by atoms with Crippen molar-refractivity contribution in [3.05, 3.63) is 94.1 Å². The van der Waals surface area contributed by atoms with Gasteiger partial charge in [0.15, 0.2) is 5.78 Å². The Kier molecular flexibility index (Phi) is 9.04. The number of nitro groups is 1. The molecule has 0 heterocycles. The number of aryl methyl sites for hydroxylation is 1. The van der Waals surface area contributed by atoms with E-state index < -0.39 is 5.24 Å². The lowest BCUT2D eigenvalue weighted by Gasteiger charge is -2.07. The number of carbonyl (C=O) groups excluding carboxylic acids is 3. The van der Waals surface area contributed by atoms with E-state index >= 15 is 0 Å². The second-order valence-electron chi connectivity index (χ2n) is 6.98. The molecule has 0 unspecified atom stereocenters. The quantitative estimate of drug-likeness (QED) is 0.304. The van der Waals surface area contributed by atoms with Crippen molar-refractivity contribution in [2.24, 2.45) is 0 Å². The van der Waals surface area contributed by atoms with Gasteiger partial charge in [0.1, 0.15) is 0 Å². The summed E-state index contributed by atoms with van der Waals surface area (Å²) in [5.74, 6) is -0.0950. The number of Topliss-reactive ketones (excluding diaryl/α,β-unsaturated/α-hetero) is 1. The van der Waals surface area contributed by atoms with Gasteiger partial charge in [-0.25, -0.2) is 0 Å². The number of nitrogens with zero attached hydrogens (tertiary/aromatic N) is 1. The molecule has 2 aromatic rings. The number of benzene rings is 2. The first-order valence-electron chi connectivity index (χ1n) is 9.94. The Morgan fingerprint density at radius 1 is 1.00 bits per heavy atom. The van der Waals surface area contributed by atoms with Gasteiger partial charge in [0.05, 0.1) is 4.92 Å². The summed E-state index contributed by atoms with van der Waals surface area (Å²) in [4.78, 5) is 42.3. The normalized spacial score (nSPS) is 12.7. The van der Waals surface area contributed by atoms with Crippen LogP contribution in [-0.2, 0) is 28.9 Å². The number of ketones is 1. The molecule has 0 radical (unpaired) electrons. The van der Waals surface area contributed by atoms with E-state index in [1.165, 1.54) is 6.08 Å². The van der Waals surface area contributed by atoms with Crippen molar-refractivity contribution in [2.45, 2.75) is 32.1 Å². The van der Waals surface area contributed by atoms with Gasteiger partial charge in [0, 0.05) is 29.3 Å². The number of allylic oxidation sites excluding steroid dienone is 1. The van der Waals surface area contributed by atoms with E-state index in [9.17, 15) is 24.5 Å². The van der Waals surface area contributed by atoms with E-state index in [2.05, 4.69) is 18.5 Å². The van der Waals surface area contributed by atoms with Gasteiger partial charge in [0.25, 0.3) is 5.69 Å². The molecular formula is C24H23ClN2O5. The zero-order valence-electron chi connectivity index (χ0n) is 17.4. The highest BCUT2D eigenvalue weighted by atomic mass is 35.5. The molecular weight excluding hydrogens is 432 g/mol. The Balaban J connectivity index is 0.000000191. The molecule has 0 saturated carbocycles. The molecule has 0 fully saturated rings. The van der Waals surface area contributed by atoms with Crippen LogP contribution >= 0.6 is 11.6 Å². The average molecular weight is 455 g/mol. The van der Waals surface area contributed by atoms with Gasteiger partial charge in [-0.1, -0.05) is 37.4 Å². The van der Waals surface area contributed by atoms with Crippen LogP contribution in [0, 0.1) is 10.1 Å². The summed E-state index contributed by atoms with van der Waals surface area (Å²) in [7, 11) is 0. The molecule has 1 amide bonds. The van der Waals surface area contributed by atoms with Crippen molar-refractivity contribution in [3.63, 3.8) is 0 Å². The first-order chi connectivity index (χ1) is 15.3. The Morgan fingerprint density at radius 3 is 2.31 bits per heavy atom. The zero-order chi connectivity index (χ0) is 23.7. The molecule has 32 heavy (non-hydrogen) atoms. The van der Waals surface area contributed by atoms with E-state index in [-0.39, 0.29) is 16.6 Å². The molecule has 1 N–H and O–H groups in total. The number of halogens is 1. The highest BCUT2D eigenvalue weighted by molar-refractivity contribution is 6.66. The minimum Gasteiger partial charge on any atom is -0.322 e. The van der Waals surface area contributed by atoms with Gasteiger partial charge in [-0.05, 0) is 66.6 Å².